The maximum atomic E-state index is 11.9. The quantitative estimate of drug-likeness (QED) is 0.895. The number of hydrogen-bond donors (Lipinski definition) is 2. The van der Waals surface area contributed by atoms with Gasteiger partial charge in [0.2, 0.25) is 0 Å². The van der Waals surface area contributed by atoms with Crippen molar-refractivity contribution in [1.29, 1.82) is 0 Å². The number of aliphatic carboxylic acids is 1. The zero-order valence-corrected chi connectivity index (χ0v) is 13.1. The lowest BCUT2D eigenvalue weighted by molar-refractivity contribution is -0.151. The number of carbonyl (C=O) groups is 1. The average Bonchev–Trinajstić information content (AvgIpc) is 2.43. The first-order valence-electron chi connectivity index (χ1n) is 7.60. The van der Waals surface area contributed by atoms with Gasteiger partial charge in [-0.05, 0) is 57.3 Å². The molecule has 1 fully saturated rings. The molecule has 1 saturated heterocycles. The Morgan fingerprint density at radius 1 is 1.38 bits per heavy atom. The van der Waals surface area contributed by atoms with Gasteiger partial charge in [-0.15, -0.1) is 0 Å². The summed E-state index contributed by atoms with van der Waals surface area (Å²) in [5.74, 6) is 0.0167. The van der Waals surface area contributed by atoms with Crippen molar-refractivity contribution in [2.45, 2.75) is 45.6 Å². The molecule has 2 rings (SSSR count). The fraction of sp³-hybridized carbons (Fsp3) is 0.588. The number of phenolic OH excluding ortho intramolecular Hbond substituents is 1. The molecule has 1 heterocycles. The van der Waals surface area contributed by atoms with Crippen molar-refractivity contribution in [3.8, 4) is 5.75 Å². The molecular weight excluding hydrogens is 266 g/mol. The van der Waals surface area contributed by atoms with E-state index in [9.17, 15) is 15.0 Å². The van der Waals surface area contributed by atoms with Crippen molar-refractivity contribution in [1.82, 2.24) is 4.90 Å². The predicted molar refractivity (Wildman–Crippen MR) is 82.6 cm³/mol. The molecule has 4 heteroatoms. The van der Waals surface area contributed by atoms with Crippen LogP contribution in [0.15, 0.2) is 18.2 Å². The van der Waals surface area contributed by atoms with E-state index in [2.05, 4.69) is 11.8 Å². The molecule has 116 valence electrons. The lowest BCUT2D eigenvalue weighted by atomic mass is 9.86. The standard InChI is InChI=1S/C17H25NO3/c1-12-6-8-18(9-7-12)17(3,16(20)21)11-14-10-13(2)4-5-15(14)19/h4-5,10,12,19H,6-9,11H2,1-3H3,(H,20,21). The first-order valence-corrected chi connectivity index (χ1v) is 7.60. The Morgan fingerprint density at radius 3 is 2.57 bits per heavy atom. The minimum absolute atomic E-state index is 0.179. The molecule has 1 aromatic carbocycles. The van der Waals surface area contributed by atoms with Gasteiger partial charge in [0, 0.05) is 6.42 Å². The van der Waals surface area contributed by atoms with Crippen LogP contribution in [0.3, 0.4) is 0 Å². The molecule has 1 aliphatic rings. The molecule has 21 heavy (non-hydrogen) atoms. The van der Waals surface area contributed by atoms with Crippen molar-refractivity contribution in [2.24, 2.45) is 5.92 Å². The second-order valence-electron chi connectivity index (χ2n) is 6.56. The molecule has 2 N–H and O–H groups in total. The SMILES string of the molecule is Cc1ccc(O)c(CC(C)(C(=O)O)N2CCC(C)CC2)c1. The minimum atomic E-state index is -0.967. The Kier molecular flexibility index (Phi) is 4.57. The van der Waals surface area contributed by atoms with Crippen LogP contribution in [0.25, 0.3) is 0 Å². The highest BCUT2D eigenvalue weighted by atomic mass is 16.4. The van der Waals surface area contributed by atoms with Crippen LogP contribution >= 0.6 is 0 Å². The van der Waals surface area contributed by atoms with E-state index in [1.54, 1.807) is 13.0 Å². The largest absolute Gasteiger partial charge is 0.508 e. The van der Waals surface area contributed by atoms with Gasteiger partial charge in [-0.2, -0.15) is 0 Å². The van der Waals surface area contributed by atoms with Crippen molar-refractivity contribution >= 4 is 5.97 Å². The molecule has 4 nitrogen and oxygen atoms in total. The molecule has 0 bridgehead atoms. The zero-order valence-electron chi connectivity index (χ0n) is 13.1. The Hall–Kier alpha value is -1.55. The first-order chi connectivity index (χ1) is 9.83. The van der Waals surface area contributed by atoms with Crippen LogP contribution in [0.1, 0.15) is 37.8 Å². The van der Waals surface area contributed by atoms with Gasteiger partial charge in [0.05, 0.1) is 0 Å². The smallest absolute Gasteiger partial charge is 0.324 e. The van der Waals surface area contributed by atoms with E-state index in [0.717, 1.165) is 31.5 Å². The van der Waals surface area contributed by atoms with E-state index in [-0.39, 0.29) is 5.75 Å². The van der Waals surface area contributed by atoms with Gasteiger partial charge in [-0.25, -0.2) is 0 Å². The summed E-state index contributed by atoms with van der Waals surface area (Å²) in [6.07, 6.45) is 2.38. The lowest BCUT2D eigenvalue weighted by Gasteiger charge is -2.42. The van der Waals surface area contributed by atoms with Crippen LogP contribution in [0.2, 0.25) is 0 Å². The van der Waals surface area contributed by atoms with Crippen LogP contribution in [-0.2, 0) is 11.2 Å². The fourth-order valence-electron chi connectivity index (χ4n) is 3.05. The molecule has 0 amide bonds. The molecule has 1 aliphatic heterocycles. The van der Waals surface area contributed by atoms with E-state index >= 15 is 0 Å². The lowest BCUT2D eigenvalue weighted by Crippen LogP contribution is -2.56. The van der Waals surface area contributed by atoms with E-state index in [1.165, 1.54) is 0 Å². The molecule has 0 aliphatic carbocycles. The number of aryl methyl sites for hydroxylation is 1. The Labute approximate surface area is 126 Å². The van der Waals surface area contributed by atoms with Gasteiger partial charge < -0.3 is 10.2 Å². The molecule has 0 saturated carbocycles. The third-order valence-corrected chi connectivity index (χ3v) is 4.71. The molecule has 0 radical (unpaired) electrons. The van der Waals surface area contributed by atoms with Gasteiger partial charge in [0.15, 0.2) is 0 Å². The van der Waals surface area contributed by atoms with E-state index < -0.39 is 11.5 Å². The number of piperidine rings is 1. The normalized spacial score (nSPS) is 20.1. The Morgan fingerprint density at radius 2 is 2.00 bits per heavy atom. The van der Waals surface area contributed by atoms with Crippen LogP contribution < -0.4 is 0 Å². The maximum Gasteiger partial charge on any atom is 0.324 e. The van der Waals surface area contributed by atoms with Gasteiger partial charge in [-0.3, -0.25) is 9.69 Å². The Bertz CT molecular complexity index is 521. The van der Waals surface area contributed by atoms with Crippen LogP contribution in [-0.4, -0.2) is 39.7 Å². The number of nitrogens with zero attached hydrogens (tertiary/aromatic N) is 1. The fourth-order valence-corrected chi connectivity index (χ4v) is 3.05. The predicted octanol–water partition coefficient (Wildman–Crippen LogP) is 2.82. The topological polar surface area (TPSA) is 60.8 Å². The summed E-state index contributed by atoms with van der Waals surface area (Å²) in [6, 6.07) is 5.35. The number of benzene rings is 1. The molecule has 1 unspecified atom stereocenters. The highest BCUT2D eigenvalue weighted by Crippen LogP contribution is 2.30. The highest BCUT2D eigenvalue weighted by Gasteiger charge is 2.41. The molecule has 1 atom stereocenters. The molecular formula is C17H25NO3. The van der Waals surface area contributed by atoms with Gasteiger partial charge in [0.1, 0.15) is 11.3 Å². The van der Waals surface area contributed by atoms with Gasteiger partial charge >= 0.3 is 5.97 Å². The number of likely N-dealkylation sites (tertiary alicyclic amines) is 1. The summed E-state index contributed by atoms with van der Waals surface area (Å²) in [6.45, 7) is 7.53. The first kappa shape index (κ1) is 15.8. The molecule has 0 spiro atoms. The number of carboxylic acid groups (broad SMARTS) is 1. The van der Waals surface area contributed by atoms with Crippen molar-refractivity contribution < 1.29 is 15.0 Å². The second kappa shape index (κ2) is 6.06. The van der Waals surface area contributed by atoms with Crippen molar-refractivity contribution in [3.05, 3.63) is 29.3 Å². The summed E-state index contributed by atoms with van der Waals surface area (Å²) in [7, 11) is 0. The number of carboxylic acids is 1. The minimum Gasteiger partial charge on any atom is -0.508 e. The summed E-state index contributed by atoms with van der Waals surface area (Å²) in [5, 5.41) is 19.8. The van der Waals surface area contributed by atoms with Gasteiger partial charge in [-0.1, -0.05) is 24.6 Å². The van der Waals surface area contributed by atoms with Gasteiger partial charge in [0.25, 0.3) is 0 Å². The van der Waals surface area contributed by atoms with Crippen molar-refractivity contribution in [3.63, 3.8) is 0 Å². The van der Waals surface area contributed by atoms with Crippen LogP contribution in [0.4, 0.5) is 0 Å². The molecule has 0 aromatic heterocycles. The third kappa shape index (κ3) is 3.38. The number of phenols is 1. The number of hydrogen-bond acceptors (Lipinski definition) is 3. The van der Waals surface area contributed by atoms with E-state index in [0.29, 0.717) is 17.9 Å². The zero-order chi connectivity index (χ0) is 15.6. The molecule has 1 aromatic rings. The monoisotopic (exact) mass is 291 g/mol. The second-order valence-corrected chi connectivity index (χ2v) is 6.56. The third-order valence-electron chi connectivity index (χ3n) is 4.71. The summed E-state index contributed by atoms with van der Waals surface area (Å²) < 4.78 is 0. The van der Waals surface area contributed by atoms with Crippen LogP contribution in [0, 0.1) is 12.8 Å². The van der Waals surface area contributed by atoms with E-state index in [1.807, 2.05) is 19.1 Å². The van der Waals surface area contributed by atoms with Crippen LogP contribution in [0.5, 0.6) is 5.75 Å². The highest BCUT2D eigenvalue weighted by molar-refractivity contribution is 5.79. The summed E-state index contributed by atoms with van der Waals surface area (Å²) in [5.41, 5.74) is 0.770. The average molecular weight is 291 g/mol. The summed E-state index contributed by atoms with van der Waals surface area (Å²) in [4.78, 5) is 13.9. The summed E-state index contributed by atoms with van der Waals surface area (Å²) >= 11 is 0. The number of rotatable bonds is 4. The van der Waals surface area contributed by atoms with E-state index in [4.69, 9.17) is 0 Å². The Balaban J connectivity index is 2.26. The van der Waals surface area contributed by atoms with Crippen molar-refractivity contribution in [2.75, 3.05) is 13.1 Å². The number of aromatic hydroxyl groups is 1. The maximum absolute atomic E-state index is 11.9.